The van der Waals surface area contributed by atoms with Crippen molar-refractivity contribution in [2.24, 2.45) is 0 Å². The lowest BCUT2D eigenvalue weighted by molar-refractivity contribution is -0.148. The second kappa shape index (κ2) is 5.76. The standard InChI is InChI=1S/C9H14F2N2O4/c10-6(11)5-12-8(16)13-9(7(14)15)1-3-17-4-2-9/h6H,1-5H2,(H,14,15)(H2,12,13,16). The molecule has 0 aliphatic carbocycles. The molecule has 3 N–H and O–H groups in total. The third kappa shape index (κ3) is 3.81. The Bertz CT molecular complexity index is 293. The molecule has 1 fully saturated rings. The van der Waals surface area contributed by atoms with Gasteiger partial charge in [0, 0.05) is 26.1 Å². The summed E-state index contributed by atoms with van der Waals surface area (Å²) in [4.78, 5) is 22.4. The molecule has 17 heavy (non-hydrogen) atoms. The summed E-state index contributed by atoms with van der Waals surface area (Å²) in [7, 11) is 0. The van der Waals surface area contributed by atoms with Crippen molar-refractivity contribution < 1.29 is 28.2 Å². The Kier molecular flexibility index (Phi) is 4.62. The molecule has 0 aromatic heterocycles. The fraction of sp³-hybridized carbons (Fsp3) is 0.778. The smallest absolute Gasteiger partial charge is 0.329 e. The van der Waals surface area contributed by atoms with Crippen LogP contribution in [0.4, 0.5) is 13.6 Å². The van der Waals surface area contributed by atoms with Crippen LogP contribution in [0.1, 0.15) is 12.8 Å². The molecule has 6 nitrogen and oxygen atoms in total. The van der Waals surface area contributed by atoms with Crippen LogP contribution in [0.3, 0.4) is 0 Å². The van der Waals surface area contributed by atoms with Crippen LogP contribution < -0.4 is 10.6 Å². The van der Waals surface area contributed by atoms with Crippen molar-refractivity contribution in [3.05, 3.63) is 0 Å². The molecule has 0 unspecified atom stereocenters. The van der Waals surface area contributed by atoms with Crippen molar-refractivity contribution >= 4 is 12.0 Å². The van der Waals surface area contributed by atoms with E-state index >= 15 is 0 Å². The van der Waals surface area contributed by atoms with E-state index < -0.39 is 30.5 Å². The van der Waals surface area contributed by atoms with Gasteiger partial charge in [-0.3, -0.25) is 0 Å². The highest BCUT2D eigenvalue weighted by Gasteiger charge is 2.41. The number of nitrogens with one attached hydrogen (secondary N) is 2. The molecule has 0 atom stereocenters. The van der Waals surface area contributed by atoms with Gasteiger partial charge in [0.2, 0.25) is 0 Å². The van der Waals surface area contributed by atoms with Crippen molar-refractivity contribution in [3.8, 4) is 0 Å². The molecular weight excluding hydrogens is 238 g/mol. The van der Waals surface area contributed by atoms with Gasteiger partial charge in [0.25, 0.3) is 6.43 Å². The average molecular weight is 252 g/mol. The van der Waals surface area contributed by atoms with Crippen LogP contribution in [0.2, 0.25) is 0 Å². The minimum absolute atomic E-state index is 0.116. The monoisotopic (exact) mass is 252 g/mol. The number of hydrogen-bond acceptors (Lipinski definition) is 3. The molecular formula is C9H14F2N2O4. The lowest BCUT2D eigenvalue weighted by atomic mass is 9.90. The summed E-state index contributed by atoms with van der Waals surface area (Å²) in [5.74, 6) is -1.19. The maximum absolute atomic E-state index is 11.8. The predicted octanol–water partition coefficient (Wildman–Crippen LogP) is 0.184. The summed E-state index contributed by atoms with van der Waals surface area (Å²) in [5.41, 5.74) is -1.43. The van der Waals surface area contributed by atoms with E-state index in [-0.39, 0.29) is 26.1 Å². The van der Waals surface area contributed by atoms with Crippen molar-refractivity contribution in [2.45, 2.75) is 24.8 Å². The van der Waals surface area contributed by atoms with Crippen LogP contribution in [-0.2, 0) is 9.53 Å². The van der Waals surface area contributed by atoms with Crippen molar-refractivity contribution in [2.75, 3.05) is 19.8 Å². The van der Waals surface area contributed by atoms with E-state index in [0.29, 0.717) is 0 Å². The highest BCUT2D eigenvalue weighted by Crippen LogP contribution is 2.20. The normalized spacial score (nSPS) is 18.8. The molecule has 0 aromatic carbocycles. The Labute approximate surface area is 96.3 Å². The maximum atomic E-state index is 11.8. The number of aliphatic carboxylic acids is 1. The van der Waals surface area contributed by atoms with Gasteiger partial charge in [0.15, 0.2) is 0 Å². The first-order chi connectivity index (χ1) is 7.96. The molecule has 98 valence electrons. The molecule has 1 rings (SSSR count). The van der Waals surface area contributed by atoms with E-state index in [1.807, 2.05) is 5.32 Å². The summed E-state index contributed by atoms with van der Waals surface area (Å²) in [5, 5.41) is 13.2. The topological polar surface area (TPSA) is 87.7 Å². The molecule has 2 amide bonds. The van der Waals surface area contributed by atoms with Crippen molar-refractivity contribution in [3.63, 3.8) is 0 Å². The first-order valence-electron chi connectivity index (χ1n) is 5.11. The number of ether oxygens (including phenoxy) is 1. The van der Waals surface area contributed by atoms with Gasteiger partial charge in [-0.2, -0.15) is 0 Å². The molecule has 8 heteroatoms. The van der Waals surface area contributed by atoms with Gasteiger partial charge in [-0.05, 0) is 0 Å². The lowest BCUT2D eigenvalue weighted by Crippen LogP contribution is -2.59. The molecule has 0 spiro atoms. The largest absolute Gasteiger partial charge is 0.480 e. The predicted molar refractivity (Wildman–Crippen MR) is 53.0 cm³/mol. The zero-order chi connectivity index (χ0) is 12.9. The number of alkyl halides is 2. The fourth-order valence-electron chi connectivity index (χ4n) is 1.54. The number of carbonyl (C=O) groups is 2. The lowest BCUT2D eigenvalue weighted by Gasteiger charge is -2.33. The van der Waals surface area contributed by atoms with Gasteiger partial charge in [-0.15, -0.1) is 0 Å². The third-order valence-corrected chi connectivity index (χ3v) is 2.53. The van der Waals surface area contributed by atoms with Gasteiger partial charge >= 0.3 is 12.0 Å². The maximum Gasteiger partial charge on any atom is 0.329 e. The van der Waals surface area contributed by atoms with Gasteiger partial charge < -0.3 is 20.5 Å². The number of carbonyl (C=O) groups excluding carboxylic acids is 1. The van der Waals surface area contributed by atoms with Crippen LogP contribution in [0.5, 0.6) is 0 Å². The minimum Gasteiger partial charge on any atom is -0.480 e. The van der Waals surface area contributed by atoms with Crippen LogP contribution in [0, 0.1) is 0 Å². The summed E-state index contributed by atoms with van der Waals surface area (Å²) in [6.45, 7) is -0.388. The average Bonchev–Trinajstić information content (AvgIpc) is 2.27. The van der Waals surface area contributed by atoms with Crippen LogP contribution in [0.25, 0.3) is 0 Å². The van der Waals surface area contributed by atoms with E-state index in [9.17, 15) is 18.4 Å². The van der Waals surface area contributed by atoms with E-state index in [2.05, 4.69) is 5.32 Å². The highest BCUT2D eigenvalue weighted by atomic mass is 19.3. The summed E-state index contributed by atoms with van der Waals surface area (Å²) >= 11 is 0. The van der Waals surface area contributed by atoms with Gasteiger partial charge in [0.1, 0.15) is 5.54 Å². The van der Waals surface area contributed by atoms with E-state index in [1.54, 1.807) is 0 Å². The van der Waals surface area contributed by atoms with E-state index in [4.69, 9.17) is 9.84 Å². The van der Waals surface area contributed by atoms with Crippen molar-refractivity contribution in [1.29, 1.82) is 0 Å². The van der Waals surface area contributed by atoms with Crippen LogP contribution >= 0.6 is 0 Å². The first kappa shape index (κ1) is 13.6. The molecule has 1 saturated heterocycles. The molecule has 0 radical (unpaired) electrons. The second-order valence-corrected chi connectivity index (χ2v) is 3.73. The molecule has 0 aromatic rings. The number of carboxylic acid groups (broad SMARTS) is 1. The molecule has 1 heterocycles. The zero-order valence-electron chi connectivity index (χ0n) is 9.04. The Morgan fingerprint density at radius 3 is 2.41 bits per heavy atom. The number of rotatable bonds is 4. The SMILES string of the molecule is O=C(NCC(F)F)NC1(C(=O)O)CCOCC1. The summed E-state index contributed by atoms with van der Waals surface area (Å²) < 4.78 is 28.7. The zero-order valence-corrected chi connectivity index (χ0v) is 9.04. The molecule has 1 aliphatic rings. The molecule has 1 aliphatic heterocycles. The second-order valence-electron chi connectivity index (χ2n) is 3.73. The summed E-state index contributed by atoms with van der Waals surface area (Å²) in [6, 6.07) is -0.908. The number of halogens is 2. The van der Waals surface area contributed by atoms with Gasteiger partial charge in [0.05, 0.1) is 6.54 Å². The Morgan fingerprint density at radius 1 is 1.35 bits per heavy atom. The number of urea groups is 1. The van der Waals surface area contributed by atoms with Crippen LogP contribution in [0.15, 0.2) is 0 Å². The number of amides is 2. The van der Waals surface area contributed by atoms with Crippen molar-refractivity contribution in [1.82, 2.24) is 10.6 Å². The minimum atomic E-state index is -2.67. The molecule has 0 saturated carbocycles. The highest BCUT2D eigenvalue weighted by molar-refractivity contribution is 5.86. The van der Waals surface area contributed by atoms with E-state index in [0.717, 1.165) is 0 Å². The Morgan fingerprint density at radius 2 is 1.94 bits per heavy atom. The Balaban J connectivity index is 2.54. The molecule has 0 bridgehead atoms. The van der Waals surface area contributed by atoms with Crippen LogP contribution in [-0.4, -0.2) is 48.8 Å². The van der Waals surface area contributed by atoms with Gasteiger partial charge in [-0.1, -0.05) is 0 Å². The first-order valence-corrected chi connectivity index (χ1v) is 5.11. The van der Waals surface area contributed by atoms with Gasteiger partial charge in [-0.25, -0.2) is 18.4 Å². The fourth-order valence-corrected chi connectivity index (χ4v) is 1.54. The summed E-state index contributed by atoms with van der Waals surface area (Å²) in [6.07, 6.45) is -2.44. The number of carboxylic acids is 1. The third-order valence-electron chi connectivity index (χ3n) is 2.53. The van der Waals surface area contributed by atoms with E-state index in [1.165, 1.54) is 0 Å². The Hall–Kier alpha value is -1.44. The quantitative estimate of drug-likeness (QED) is 0.666. The number of hydrogen-bond donors (Lipinski definition) is 3.